The number of H-pyrrole nitrogens is 1. The minimum atomic E-state index is -0.224. The summed E-state index contributed by atoms with van der Waals surface area (Å²) in [7, 11) is 0. The first-order valence-corrected chi connectivity index (χ1v) is 9.42. The van der Waals surface area contributed by atoms with Crippen molar-refractivity contribution >= 4 is 23.1 Å². The monoisotopic (exact) mass is 365 g/mol. The zero-order valence-electron chi connectivity index (χ0n) is 12.7. The molecule has 0 bridgehead atoms. The van der Waals surface area contributed by atoms with Crippen LogP contribution in [-0.4, -0.2) is 37.6 Å². The minimum absolute atomic E-state index is 0.0773. The first-order valence-electron chi connectivity index (χ1n) is 7.55. The van der Waals surface area contributed by atoms with Gasteiger partial charge < -0.3 is 9.26 Å². The third kappa shape index (κ3) is 3.30. The maximum Gasteiger partial charge on any atom is 0.344 e. The number of thiophene rings is 1. The smallest absolute Gasteiger partial charge is 0.344 e. The molecule has 1 saturated heterocycles. The van der Waals surface area contributed by atoms with E-state index in [2.05, 4.69) is 20.3 Å². The second kappa shape index (κ2) is 6.91. The van der Waals surface area contributed by atoms with Crippen molar-refractivity contribution in [2.24, 2.45) is 0 Å². The van der Waals surface area contributed by atoms with Crippen LogP contribution in [0.15, 0.2) is 32.0 Å². The lowest BCUT2D eigenvalue weighted by atomic mass is 10.2. The number of hydrogen-bond acceptors (Lipinski definition) is 8. The second-order valence-electron chi connectivity index (χ2n) is 5.33. The molecule has 0 amide bonds. The zero-order chi connectivity index (χ0) is 16.4. The molecule has 1 fully saturated rings. The molecule has 0 spiro atoms. The van der Waals surface area contributed by atoms with Gasteiger partial charge in [-0.25, -0.2) is 9.89 Å². The maximum atomic E-state index is 11.9. The fraction of sp³-hybridized carbons (Fsp3) is 0.429. The summed E-state index contributed by atoms with van der Waals surface area (Å²) in [6.07, 6.45) is 2.08. The van der Waals surface area contributed by atoms with Crippen molar-refractivity contribution < 1.29 is 9.26 Å². The molecule has 1 atom stereocenters. The molecule has 1 aliphatic heterocycles. The molecule has 8 nitrogen and oxygen atoms in total. The van der Waals surface area contributed by atoms with Gasteiger partial charge >= 0.3 is 5.69 Å². The third-order valence-corrected chi connectivity index (χ3v) is 5.49. The molecule has 126 valence electrons. The molecular formula is C14H15N5O3S2. The van der Waals surface area contributed by atoms with Crippen LogP contribution in [0.1, 0.15) is 18.7 Å². The predicted molar refractivity (Wildman–Crippen MR) is 89.0 cm³/mol. The molecule has 10 heteroatoms. The van der Waals surface area contributed by atoms with Crippen molar-refractivity contribution in [3.05, 3.63) is 33.9 Å². The molecule has 0 aromatic carbocycles. The average molecular weight is 365 g/mol. The summed E-state index contributed by atoms with van der Waals surface area (Å²) in [5.41, 5.74) is -0.224. The van der Waals surface area contributed by atoms with E-state index in [1.807, 2.05) is 17.5 Å². The molecule has 3 aromatic heterocycles. The topological polar surface area (TPSA) is 98.8 Å². The van der Waals surface area contributed by atoms with Crippen molar-refractivity contribution in [3.8, 4) is 10.7 Å². The summed E-state index contributed by atoms with van der Waals surface area (Å²) in [4.78, 5) is 17.3. The van der Waals surface area contributed by atoms with Gasteiger partial charge in [-0.1, -0.05) is 23.0 Å². The van der Waals surface area contributed by atoms with Crippen LogP contribution in [0.25, 0.3) is 10.7 Å². The number of nitrogens with zero attached hydrogens (tertiary/aromatic N) is 4. The van der Waals surface area contributed by atoms with E-state index in [9.17, 15) is 4.79 Å². The fourth-order valence-corrected chi connectivity index (χ4v) is 3.95. The van der Waals surface area contributed by atoms with E-state index in [0.29, 0.717) is 29.2 Å². The highest BCUT2D eigenvalue weighted by Gasteiger charge is 2.20. The van der Waals surface area contributed by atoms with Crippen molar-refractivity contribution in [1.29, 1.82) is 0 Å². The van der Waals surface area contributed by atoms with Gasteiger partial charge in [0.05, 0.1) is 23.3 Å². The van der Waals surface area contributed by atoms with E-state index in [0.717, 1.165) is 24.3 Å². The Morgan fingerprint density at radius 1 is 1.50 bits per heavy atom. The van der Waals surface area contributed by atoms with E-state index >= 15 is 0 Å². The number of rotatable bonds is 6. The Morgan fingerprint density at radius 3 is 3.25 bits per heavy atom. The van der Waals surface area contributed by atoms with E-state index < -0.39 is 0 Å². The fourth-order valence-electron chi connectivity index (χ4n) is 2.51. The lowest BCUT2D eigenvalue weighted by molar-refractivity contribution is 0.0941. The van der Waals surface area contributed by atoms with Gasteiger partial charge in [0, 0.05) is 6.61 Å². The van der Waals surface area contributed by atoms with Crippen LogP contribution in [0.5, 0.6) is 0 Å². The van der Waals surface area contributed by atoms with Gasteiger partial charge in [-0.05, 0) is 24.3 Å². The van der Waals surface area contributed by atoms with Gasteiger partial charge in [-0.3, -0.25) is 4.57 Å². The summed E-state index contributed by atoms with van der Waals surface area (Å²) >= 11 is 2.95. The molecule has 0 saturated carbocycles. The van der Waals surface area contributed by atoms with Crippen LogP contribution in [0.3, 0.4) is 0 Å². The van der Waals surface area contributed by atoms with Gasteiger partial charge in [-0.2, -0.15) is 4.98 Å². The Kier molecular flexibility index (Phi) is 4.50. The van der Waals surface area contributed by atoms with Crippen molar-refractivity contribution in [2.75, 3.05) is 6.61 Å². The Balaban J connectivity index is 1.43. The van der Waals surface area contributed by atoms with Crippen molar-refractivity contribution in [1.82, 2.24) is 24.9 Å². The summed E-state index contributed by atoms with van der Waals surface area (Å²) in [6, 6.07) is 3.89. The zero-order valence-corrected chi connectivity index (χ0v) is 14.3. The second-order valence-corrected chi connectivity index (χ2v) is 7.22. The Hall–Kier alpha value is -1.91. The molecule has 1 N–H and O–H groups in total. The van der Waals surface area contributed by atoms with Gasteiger partial charge in [0.2, 0.25) is 11.7 Å². The average Bonchev–Trinajstić information content (AvgIpc) is 3.36. The lowest BCUT2D eigenvalue weighted by Gasteiger charge is -2.10. The lowest BCUT2D eigenvalue weighted by Crippen LogP contribution is -2.24. The van der Waals surface area contributed by atoms with E-state index in [1.54, 1.807) is 15.9 Å². The van der Waals surface area contributed by atoms with E-state index in [-0.39, 0.29) is 11.8 Å². The number of ether oxygens (including phenoxy) is 1. The molecule has 0 unspecified atom stereocenters. The van der Waals surface area contributed by atoms with Crippen molar-refractivity contribution in [2.45, 2.75) is 36.4 Å². The summed E-state index contributed by atoms with van der Waals surface area (Å²) in [6.45, 7) is 1.27. The SMILES string of the molecule is O=c1[nH]nc(SCc2nc(-c3cccs3)no2)n1C[C@@H]1CCCO1. The largest absolute Gasteiger partial charge is 0.376 e. The predicted octanol–water partition coefficient (Wildman–Crippen LogP) is 2.15. The summed E-state index contributed by atoms with van der Waals surface area (Å²) < 4.78 is 12.5. The first kappa shape index (κ1) is 15.6. The maximum absolute atomic E-state index is 11.9. The van der Waals surface area contributed by atoms with Gasteiger partial charge in [0.15, 0.2) is 5.16 Å². The van der Waals surface area contributed by atoms with Crippen LogP contribution in [0, 0.1) is 0 Å². The molecule has 0 aliphatic carbocycles. The Bertz CT molecular complexity index is 848. The minimum Gasteiger partial charge on any atom is -0.376 e. The highest BCUT2D eigenvalue weighted by Crippen LogP contribution is 2.24. The normalized spacial score (nSPS) is 17.6. The van der Waals surface area contributed by atoms with Crippen LogP contribution in [-0.2, 0) is 17.0 Å². The summed E-state index contributed by atoms with van der Waals surface area (Å²) in [5.74, 6) is 1.54. The molecule has 24 heavy (non-hydrogen) atoms. The van der Waals surface area contributed by atoms with E-state index in [1.165, 1.54) is 11.8 Å². The quantitative estimate of drug-likeness (QED) is 0.668. The van der Waals surface area contributed by atoms with Crippen LogP contribution >= 0.6 is 23.1 Å². The number of thioether (sulfide) groups is 1. The molecular weight excluding hydrogens is 350 g/mol. The Labute approximate surface area is 145 Å². The standard InChI is InChI=1S/C14H15N5O3S2/c20-13-16-17-14(19(13)7-9-3-1-5-21-9)24-8-11-15-12(18-22-11)10-4-2-6-23-10/h2,4,6,9H,1,3,5,7-8H2,(H,16,20)/t9-/m0/s1. The third-order valence-electron chi connectivity index (χ3n) is 3.67. The number of aromatic amines is 1. The van der Waals surface area contributed by atoms with Crippen LogP contribution in [0.2, 0.25) is 0 Å². The molecule has 0 radical (unpaired) electrons. The molecule has 1 aliphatic rings. The molecule has 3 aromatic rings. The van der Waals surface area contributed by atoms with E-state index in [4.69, 9.17) is 9.26 Å². The Morgan fingerprint density at radius 2 is 2.46 bits per heavy atom. The van der Waals surface area contributed by atoms with Gasteiger partial charge in [-0.15, -0.1) is 16.4 Å². The van der Waals surface area contributed by atoms with Crippen molar-refractivity contribution in [3.63, 3.8) is 0 Å². The molecule has 4 heterocycles. The first-order chi connectivity index (χ1) is 11.8. The van der Waals surface area contributed by atoms with Gasteiger partial charge in [0.1, 0.15) is 0 Å². The number of hydrogen-bond donors (Lipinski definition) is 1. The highest BCUT2D eigenvalue weighted by atomic mass is 32.2. The molecule has 4 rings (SSSR count). The van der Waals surface area contributed by atoms with Gasteiger partial charge in [0.25, 0.3) is 0 Å². The number of nitrogens with one attached hydrogen (secondary N) is 1. The summed E-state index contributed by atoms with van der Waals surface area (Å²) in [5, 5.41) is 13.1. The van der Waals surface area contributed by atoms with Crippen LogP contribution in [0.4, 0.5) is 0 Å². The number of aromatic nitrogens is 5. The van der Waals surface area contributed by atoms with Crippen LogP contribution < -0.4 is 5.69 Å². The highest BCUT2D eigenvalue weighted by molar-refractivity contribution is 7.98.